The van der Waals surface area contributed by atoms with Crippen molar-refractivity contribution in [3.63, 3.8) is 0 Å². The zero-order valence-corrected chi connectivity index (χ0v) is 14.7. The lowest BCUT2D eigenvalue weighted by Crippen LogP contribution is -2.47. The predicted molar refractivity (Wildman–Crippen MR) is 92.1 cm³/mol. The Bertz CT molecular complexity index is 731. The summed E-state index contributed by atoms with van der Waals surface area (Å²) in [6, 6.07) is 3.59. The molecule has 9 nitrogen and oxygen atoms in total. The quantitative estimate of drug-likeness (QED) is 0.871. The summed E-state index contributed by atoms with van der Waals surface area (Å²) in [5, 5.41) is 7.02. The van der Waals surface area contributed by atoms with Gasteiger partial charge in [0.2, 0.25) is 5.95 Å². The van der Waals surface area contributed by atoms with Crippen molar-refractivity contribution in [2.24, 2.45) is 7.05 Å². The molecule has 2 aromatic heterocycles. The minimum Gasteiger partial charge on any atom is -0.368 e. The molecular weight excluding hydrogens is 322 g/mol. The van der Waals surface area contributed by atoms with E-state index in [1.807, 2.05) is 38.2 Å². The number of hydrogen-bond donors (Lipinski definition) is 1. The summed E-state index contributed by atoms with van der Waals surface area (Å²) in [6.45, 7) is 1.93. The molecule has 2 amide bonds. The van der Waals surface area contributed by atoms with Crippen LogP contribution in [0.25, 0.3) is 0 Å². The molecule has 0 spiro atoms. The third kappa shape index (κ3) is 4.05. The van der Waals surface area contributed by atoms with E-state index in [4.69, 9.17) is 4.74 Å². The maximum absolute atomic E-state index is 12.4. The first-order chi connectivity index (χ1) is 12.0. The first kappa shape index (κ1) is 17.2. The van der Waals surface area contributed by atoms with E-state index in [2.05, 4.69) is 20.4 Å². The molecule has 2 aromatic rings. The molecule has 1 atom stereocenters. The van der Waals surface area contributed by atoms with E-state index in [1.165, 1.54) is 0 Å². The van der Waals surface area contributed by atoms with E-state index in [9.17, 15) is 4.79 Å². The van der Waals surface area contributed by atoms with Gasteiger partial charge in [0.05, 0.1) is 31.1 Å². The maximum Gasteiger partial charge on any atom is 0.317 e. The van der Waals surface area contributed by atoms with Crippen LogP contribution in [0.2, 0.25) is 0 Å². The topological polar surface area (TPSA) is 88.4 Å². The highest BCUT2D eigenvalue weighted by Crippen LogP contribution is 2.21. The Labute approximate surface area is 146 Å². The van der Waals surface area contributed by atoms with Crippen LogP contribution in [0.15, 0.2) is 24.5 Å². The highest BCUT2D eigenvalue weighted by atomic mass is 16.5. The molecule has 0 bridgehead atoms. The number of urea groups is 1. The number of carbonyl (C=O) groups excluding carboxylic acids is 1. The summed E-state index contributed by atoms with van der Waals surface area (Å²) < 4.78 is 7.55. The van der Waals surface area contributed by atoms with Gasteiger partial charge < -0.3 is 19.9 Å². The van der Waals surface area contributed by atoms with Gasteiger partial charge in [0, 0.05) is 40.1 Å². The van der Waals surface area contributed by atoms with Crippen LogP contribution < -0.4 is 10.2 Å². The Morgan fingerprint density at radius 2 is 2.24 bits per heavy atom. The number of nitrogens with one attached hydrogen (secondary N) is 1. The van der Waals surface area contributed by atoms with E-state index in [1.54, 1.807) is 22.0 Å². The molecule has 0 aliphatic carbocycles. The molecule has 1 fully saturated rings. The summed E-state index contributed by atoms with van der Waals surface area (Å²) in [5.41, 5.74) is 1.73. The lowest BCUT2D eigenvalue weighted by Gasteiger charge is -2.32. The molecule has 1 N–H and O–H groups in total. The molecule has 134 valence electrons. The van der Waals surface area contributed by atoms with Gasteiger partial charge in [-0.25, -0.2) is 14.8 Å². The second-order valence-corrected chi connectivity index (χ2v) is 6.09. The molecule has 0 aromatic carbocycles. The fourth-order valence-electron chi connectivity index (χ4n) is 2.62. The highest BCUT2D eigenvalue weighted by Gasteiger charge is 2.26. The van der Waals surface area contributed by atoms with Gasteiger partial charge in [0.25, 0.3) is 0 Å². The van der Waals surface area contributed by atoms with Crippen molar-refractivity contribution in [3.05, 3.63) is 35.9 Å². The number of aryl methyl sites for hydroxylation is 1. The minimum absolute atomic E-state index is 0.114. The van der Waals surface area contributed by atoms with Crippen molar-refractivity contribution >= 4 is 12.0 Å². The molecule has 0 saturated carbocycles. The van der Waals surface area contributed by atoms with Gasteiger partial charge in [-0.2, -0.15) is 5.10 Å². The van der Waals surface area contributed by atoms with Gasteiger partial charge in [0.15, 0.2) is 0 Å². The fraction of sp³-hybridized carbons (Fsp3) is 0.500. The Morgan fingerprint density at radius 1 is 1.40 bits per heavy atom. The number of carbonyl (C=O) groups is 1. The number of morpholine rings is 1. The summed E-state index contributed by atoms with van der Waals surface area (Å²) in [7, 11) is 5.63. The molecule has 9 heteroatoms. The van der Waals surface area contributed by atoms with Crippen LogP contribution in [0.5, 0.6) is 0 Å². The average Bonchev–Trinajstić information content (AvgIpc) is 3.05. The summed E-state index contributed by atoms with van der Waals surface area (Å²) in [5.74, 6) is 0.624. The van der Waals surface area contributed by atoms with Gasteiger partial charge in [-0.3, -0.25) is 4.68 Å². The Kier molecular flexibility index (Phi) is 5.13. The Hall–Kier alpha value is -2.68. The van der Waals surface area contributed by atoms with Crippen LogP contribution in [0, 0.1) is 0 Å². The van der Waals surface area contributed by atoms with Gasteiger partial charge in [-0.05, 0) is 12.1 Å². The van der Waals surface area contributed by atoms with Crippen LogP contribution in [0.1, 0.15) is 17.5 Å². The second kappa shape index (κ2) is 7.47. The number of rotatable bonds is 4. The van der Waals surface area contributed by atoms with Gasteiger partial charge >= 0.3 is 6.03 Å². The van der Waals surface area contributed by atoms with E-state index in [0.717, 1.165) is 11.4 Å². The van der Waals surface area contributed by atoms with E-state index in [0.29, 0.717) is 32.2 Å². The fourth-order valence-corrected chi connectivity index (χ4v) is 2.62. The van der Waals surface area contributed by atoms with E-state index in [-0.39, 0.29) is 12.1 Å². The predicted octanol–water partition coefficient (Wildman–Crippen LogP) is 0.559. The first-order valence-electron chi connectivity index (χ1n) is 8.16. The SMILES string of the molecule is CN(C)c1nccc([C@H]2CN(C(=O)NCc3ccnn3C)CCO2)n1. The van der Waals surface area contributed by atoms with Crippen molar-refractivity contribution in [1.82, 2.24) is 30.0 Å². The molecule has 1 aliphatic rings. The minimum atomic E-state index is -0.252. The Balaban J connectivity index is 1.61. The zero-order valence-electron chi connectivity index (χ0n) is 14.7. The molecule has 1 aliphatic heterocycles. The average molecular weight is 345 g/mol. The first-order valence-corrected chi connectivity index (χ1v) is 8.16. The number of amides is 2. The lowest BCUT2D eigenvalue weighted by atomic mass is 10.2. The van der Waals surface area contributed by atoms with Crippen molar-refractivity contribution in [3.8, 4) is 0 Å². The van der Waals surface area contributed by atoms with Gasteiger partial charge in [0.1, 0.15) is 6.10 Å². The van der Waals surface area contributed by atoms with Crippen LogP contribution in [0.4, 0.5) is 10.7 Å². The largest absolute Gasteiger partial charge is 0.368 e. The third-order valence-electron chi connectivity index (χ3n) is 4.09. The number of nitrogens with zero attached hydrogens (tertiary/aromatic N) is 6. The number of ether oxygens (including phenoxy) is 1. The zero-order chi connectivity index (χ0) is 17.8. The van der Waals surface area contributed by atoms with E-state index >= 15 is 0 Å². The van der Waals surface area contributed by atoms with Crippen molar-refractivity contribution in [1.29, 1.82) is 0 Å². The summed E-state index contributed by atoms with van der Waals surface area (Å²) >= 11 is 0. The van der Waals surface area contributed by atoms with Gasteiger partial charge in [-0.15, -0.1) is 0 Å². The van der Waals surface area contributed by atoms with Crippen LogP contribution in [-0.2, 0) is 18.3 Å². The third-order valence-corrected chi connectivity index (χ3v) is 4.09. The molecule has 3 rings (SSSR count). The molecule has 0 radical (unpaired) electrons. The maximum atomic E-state index is 12.4. The van der Waals surface area contributed by atoms with Crippen molar-refractivity contribution in [2.75, 3.05) is 38.7 Å². The number of hydrogen-bond acceptors (Lipinski definition) is 6. The smallest absolute Gasteiger partial charge is 0.317 e. The van der Waals surface area contributed by atoms with E-state index < -0.39 is 0 Å². The number of anilines is 1. The summed E-state index contributed by atoms with van der Waals surface area (Å²) in [6.07, 6.45) is 3.17. The van der Waals surface area contributed by atoms with Crippen LogP contribution in [0.3, 0.4) is 0 Å². The standard InChI is InChI=1S/C16H23N7O2/c1-21(2)15-17-6-5-13(20-15)14-11-23(8-9-25-14)16(24)18-10-12-4-7-19-22(12)3/h4-7,14H,8-11H2,1-3H3,(H,18,24)/t14-/m1/s1. The molecule has 0 unspecified atom stereocenters. The Morgan fingerprint density at radius 3 is 2.96 bits per heavy atom. The molecule has 3 heterocycles. The van der Waals surface area contributed by atoms with Crippen molar-refractivity contribution < 1.29 is 9.53 Å². The molecule has 1 saturated heterocycles. The second-order valence-electron chi connectivity index (χ2n) is 6.09. The molecule has 25 heavy (non-hydrogen) atoms. The van der Waals surface area contributed by atoms with Crippen LogP contribution >= 0.6 is 0 Å². The lowest BCUT2D eigenvalue weighted by molar-refractivity contribution is -0.0176. The normalized spacial score (nSPS) is 17.4. The van der Waals surface area contributed by atoms with Crippen molar-refractivity contribution in [2.45, 2.75) is 12.6 Å². The van der Waals surface area contributed by atoms with Gasteiger partial charge in [-0.1, -0.05) is 0 Å². The monoisotopic (exact) mass is 345 g/mol. The summed E-state index contributed by atoms with van der Waals surface area (Å²) in [4.78, 5) is 24.8. The number of aromatic nitrogens is 4. The molecular formula is C16H23N7O2. The van der Waals surface area contributed by atoms with Crippen LogP contribution in [-0.4, -0.2) is 64.5 Å². The highest BCUT2D eigenvalue weighted by molar-refractivity contribution is 5.74.